The van der Waals surface area contributed by atoms with Gasteiger partial charge in [0.2, 0.25) is 5.91 Å². The molecule has 1 amide bonds. The van der Waals surface area contributed by atoms with Gasteiger partial charge in [0.05, 0.1) is 31.1 Å². The smallest absolute Gasteiger partial charge is 0.329 e. The van der Waals surface area contributed by atoms with Crippen LogP contribution in [0.5, 0.6) is 5.75 Å². The zero-order valence-corrected chi connectivity index (χ0v) is 14.1. The average molecular weight is 376 g/mol. The van der Waals surface area contributed by atoms with Crippen molar-refractivity contribution in [3.8, 4) is 5.75 Å². The van der Waals surface area contributed by atoms with E-state index in [-0.39, 0.29) is 28.9 Å². The standard InChI is InChI=1S/C17H14F2N4O4/c1-27-13-4-2-3-11-15(13)16(25)23(17(26)22-11)8-14(24)21-7-12-10(19)5-9(18)6-20-12/h2-6H,7-8H2,1H3,(H,21,24)(H,22,26). The number of fused-ring (bicyclic) bond motifs is 1. The average Bonchev–Trinajstić information content (AvgIpc) is 2.63. The van der Waals surface area contributed by atoms with Gasteiger partial charge >= 0.3 is 5.69 Å². The summed E-state index contributed by atoms with van der Waals surface area (Å²) >= 11 is 0. The normalized spacial score (nSPS) is 10.8. The number of nitrogens with zero attached hydrogens (tertiary/aromatic N) is 2. The monoisotopic (exact) mass is 376 g/mol. The maximum atomic E-state index is 13.5. The van der Waals surface area contributed by atoms with Crippen LogP contribution in [0, 0.1) is 11.6 Å². The Labute approximate surface area is 150 Å². The predicted octanol–water partition coefficient (Wildman–Crippen LogP) is 0.688. The second kappa shape index (κ2) is 7.36. The van der Waals surface area contributed by atoms with Crippen molar-refractivity contribution in [2.45, 2.75) is 13.1 Å². The summed E-state index contributed by atoms with van der Waals surface area (Å²) in [6, 6.07) is 5.33. The number of amides is 1. The number of methoxy groups -OCH3 is 1. The van der Waals surface area contributed by atoms with Gasteiger partial charge in [-0.05, 0) is 12.1 Å². The summed E-state index contributed by atoms with van der Waals surface area (Å²) in [4.78, 5) is 42.8. The molecule has 0 aliphatic rings. The lowest BCUT2D eigenvalue weighted by molar-refractivity contribution is -0.121. The van der Waals surface area contributed by atoms with Gasteiger partial charge in [-0.1, -0.05) is 6.07 Å². The fourth-order valence-electron chi connectivity index (χ4n) is 2.53. The zero-order chi connectivity index (χ0) is 19.6. The molecule has 140 valence electrons. The molecule has 27 heavy (non-hydrogen) atoms. The number of halogens is 2. The summed E-state index contributed by atoms with van der Waals surface area (Å²) in [5, 5.41) is 2.45. The second-order valence-electron chi connectivity index (χ2n) is 5.56. The minimum absolute atomic E-state index is 0.124. The maximum absolute atomic E-state index is 13.5. The number of pyridine rings is 1. The number of carbonyl (C=O) groups is 1. The van der Waals surface area contributed by atoms with Gasteiger partial charge in [-0.25, -0.2) is 13.6 Å². The van der Waals surface area contributed by atoms with Crippen LogP contribution in [-0.2, 0) is 17.9 Å². The summed E-state index contributed by atoms with van der Waals surface area (Å²) in [7, 11) is 1.38. The fraction of sp³-hybridized carbons (Fsp3) is 0.176. The first-order valence-corrected chi connectivity index (χ1v) is 7.77. The van der Waals surface area contributed by atoms with Gasteiger partial charge in [0.25, 0.3) is 5.56 Å². The van der Waals surface area contributed by atoms with Crippen LogP contribution in [0.1, 0.15) is 5.69 Å². The molecular formula is C17H14F2N4O4. The Balaban J connectivity index is 1.84. The number of aromatic amines is 1. The first-order chi connectivity index (χ1) is 12.9. The van der Waals surface area contributed by atoms with Crippen LogP contribution < -0.4 is 21.3 Å². The van der Waals surface area contributed by atoms with E-state index in [0.29, 0.717) is 10.6 Å². The van der Waals surface area contributed by atoms with Gasteiger partial charge < -0.3 is 15.0 Å². The van der Waals surface area contributed by atoms with Crippen LogP contribution in [0.3, 0.4) is 0 Å². The van der Waals surface area contributed by atoms with Crippen molar-refractivity contribution in [1.82, 2.24) is 19.9 Å². The number of hydrogen-bond acceptors (Lipinski definition) is 5. The highest BCUT2D eigenvalue weighted by Gasteiger charge is 2.15. The van der Waals surface area contributed by atoms with Crippen LogP contribution in [-0.4, -0.2) is 27.6 Å². The van der Waals surface area contributed by atoms with E-state index < -0.39 is 35.3 Å². The van der Waals surface area contributed by atoms with Gasteiger partial charge in [0.15, 0.2) is 0 Å². The molecule has 0 saturated heterocycles. The van der Waals surface area contributed by atoms with Crippen molar-refractivity contribution in [1.29, 1.82) is 0 Å². The molecule has 2 N–H and O–H groups in total. The number of aromatic nitrogens is 3. The minimum Gasteiger partial charge on any atom is -0.496 e. The number of hydrogen-bond donors (Lipinski definition) is 2. The Morgan fingerprint density at radius 1 is 1.33 bits per heavy atom. The molecular weight excluding hydrogens is 362 g/mol. The number of rotatable bonds is 5. The largest absolute Gasteiger partial charge is 0.496 e. The predicted molar refractivity (Wildman–Crippen MR) is 91.4 cm³/mol. The Morgan fingerprint density at radius 3 is 2.81 bits per heavy atom. The molecule has 2 heterocycles. The molecule has 0 radical (unpaired) electrons. The van der Waals surface area contributed by atoms with E-state index in [9.17, 15) is 23.2 Å². The fourth-order valence-corrected chi connectivity index (χ4v) is 2.53. The summed E-state index contributed by atoms with van der Waals surface area (Å²) < 4.78 is 32.2. The third kappa shape index (κ3) is 3.68. The Hall–Kier alpha value is -3.56. The highest BCUT2D eigenvalue weighted by molar-refractivity contribution is 5.84. The van der Waals surface area contributed by atoms with Crippen molar-refractivity contribution >= 4 is 16.8 Å². The quantitative estimate of drug-likeness (QED) is 0.682. The summed E-state index contributed by atoms with van der Waals surface area (Å²) in [6.45, 7) is -0.917. The molecule has 0 saturated carbocycles. The van der Waals surface area contributed by atoms with Crippen molar-refractivity contribution in [2.24, 2.45) is 0 Å². The molecule has 0 aliphatic heterocycles. The Kier molecular flexibility index (Phi) is 4.97. The molecule has 3 rings (SSSR count). The summed E-state index contributed by atoms with van der Waals surface area (Å²) in [6.07, 6.45) is 0.815. The summed E-state index contributed by atoms with van der Waals surface area (Å²) in [5.74, 6) is -2.23. The van der Waals surface area contributed by atoms with Crippen LogP contribution in [0.15, 0.2) is 40.1 Å². The molecule has 0 fully saturated rings. The molecule has 0 atom stereocenters. The van der Waals surface area contributed by atoms with Crippen LogP contribution in [0.4, 0.5) is 8.78 Å². The second-order valence-corrected chi connectivity index (χ2v) is 5.56. The number of H-pyrrole nitrogens is 1. The van der Waals surface area contributed by atoms with Crippen LogP contribution in [0.25, 0.3) is 10.9 Å². The molecule has 3 aromatic rings. The lowest BCUT2D eigenvalue weighted by Gasteiger charge is -2.09. The summed E-state index contributed by atoms with van der Waals surface area (Å²) in [5.41, 5.74) is -1.38. The third-order valence-corrected chi connectivity index (χ3v) is 3.83. The van der Waals surface area contributed by atoms with Crippen molar-refractivity contribution in [3.05, 3.63) is 68.6 Å². The van der Waals surface area contributed by atoms with Crippen molar-refractivity contribution in [3.63, 3.8) is 0 Å². The van der Waals surface area contributed by atoms with Gasteiger partial charge in [-0.3, -0.25) is 19.1 Å². The van der Waals surface area contributed by atoms with Crippen molar-refractivity contribution < 1.29 is 18.3 Å². The van der Waals surface area contributed by atoms with Gasteiger partial charge in [0, 0.05) is 6.07 Å². The highest BCUT2D eigenvalue weighted by Crippen LogP contribution is 2.19. The molecule has 2 aromatic heterocycles. The first kappa shape index (κ1) is 18.2. The van der Waals surface area contributed by atoms with E-state index in [1.54, 1.807) is 12.1 Å². The number of carbonyl (C=O) groups excluding carboxylic acids is 1. The van der Waals surface area contributed by atoms with Crippen LogP contribution in [0.2, 0.25) is 0 Å². The SMILES string of the molecule is COc1cccc2[nH]c(=O)n(CC(=O)NCc3ncc(F)cc3F)c(=O)c12. The minimum atomic E-state index is -0.916. The van der Waals surface area contributed by atoms with E-state index in [1.165, 1.54) is 13.2 Å². The van der Waals surface area contributed by atoms with Crippen molar-refractivity contribution in [2.75, 3.05) is 7.11 Å². The lowest BCUT2D eigenvalue weighted by Crippen LogP contribution is -2.40. The number of nitrogens with one attached hydrogen (secondary N) is 2. The molecule has 0 unspecified atom stereocenters. The van der Waals surface area contributed by atoms with Crippen LogP contribution >= 0.6 is 0 Å². The lowest BCUT2D eigenvalue weighted by atomic mass is 10.2. The van der Waals surface area contributed by atoms with Gasteiger partial charge in [0.1, 0.15) is 29.3 Å². The third-order valence-electron chi connectivity index (χ3n) is 3.83. The molecule has 0 spiro atoms. The Bertz CT molecular complexity index is 1140. The first-order valence-electron chi connectivity index (χ1n) is 7.77. The molecule has 10 heteroatoms. The van der Waals surface area contributed by atoms with E-state index >= 15 is 0 Å². The molecule has 8 nitrogen and oxygen atoms in total. The van der Waals surface area contributed by atoms with Gasteiger partial charge in [-0.15, -0.1) is 0 Å². The number of ether oxygens (including phenoxy) is 1. The van der Waals surface area contributed by atoms with E-state index in [2.05, 4.69) is 15.3 Å². The topological polar surface area (TPSA) is 106 Å². The molecule has 0 bridgehead atoms. The van der Waals surface area contributed by atoms with E-state index in [1.807, 2.05) is 0 Å². The Morgan fingerprint density at radius 2 is 2.11 bits per heavy atom. The van der Waals surface area contributed by atoms with Gasteiger partial charge in [-0.2, -0.15) is 0 Å². The maximum Gasteiger partial charge on any atom is 0.329 e. The highest BCUT2D eigenvalue weighted by atomic mass is 19.1. The van der Waals surface area contributed by atoms with E-state index in [4.69, 9.17) is 4.74 Å². The van der Waals surface area contributed by atoms with E-state index in [0.717, 1.165) is 6.20 Å². The molecule has 1 aromatic carbocycles. The zero-order valence-electron chi connectivity index (χ0n) is 14.1. The number of benzene rings is 1. The molecule has 0 aliphatic carbocycles.